The first-order valence-corrected chi connectivity index (χ1v) is 8.37. The maximum atomic E-state index is 12.2. The molecule has 0 unspecified atom stereocenters. The predicted octanol–water partition coefficient (Wildman–Crippen LogP) is 3.54. The minimum atomic E-state index is -0.205. The number of nitrogens with zero attached hydrogens (tertiary/aromatic N) is 1. The van der Waals surface area contributed by atoms with Gasteiger partial charge in [0.05, 0.1) is 0 Å². The highest BCUT2D eigenvalue weighted by Gasteiger charge is 2.24. The van der Waals surface area contributed by atoms with Crippen molar-refractivity contribution in [1.82, 2.24) is 5.32 Å². The molecular formula is C18H27N3O2. The van der Waals surface area contributed by atoms with Crippen LogP contribution in [0, 0.1) is 5.92 Å². The molecule has 0 aliphatic carbocycles. The van der Waals surface area contributed by atoms with Crippen molar-refractivity contribution in [3.63, 3.8) is 0 Å². The lowest BCUT2D eigenvalue weighted by Gasteiger charge is -2.30. The van der Waals surface area contributed by atoms with E-state index in [1.807, 2.05) is 36.9 Å². The molecule has 0 radical (unpaired) electrons. The van der Waals surface area contributed by atoms with Gasteiger partial charge in [-0.1, -0.05) is 13.8 Å². The number of carbonyl (C=O) groups excluding carboxylic acids is 2. The topological polar surface area (TPSA) is 61.4 Å². The summed E-state index contributed by atoms with van der Waals surface area (Å²) in [6.07, 6.45) is 2.25. The number of carbonyl (C=O) groups is 2. The minimum absolute atomic E-state index is 0.0942. The Kier molecular flexibility index (Phi) is 5.64. The second-order valence-corrected chi connectivity index (χ2v) is 6.82. The molecule has 5 heteroatoms. The van der Waals surface area contributed by atoms with Crippen molar-refractivity contribution in [3.05, 3.63) is 23.8 Å². The van der Waals surface area contributed by atoms with E-state index in [1.54, 1.807) is 0 Å². The fourth-order valence-electron chi connectivity index (χ4n) is 2.70. The number of rotatable bonds is 5. The van der Waals surface area contributed by atoms with Crippen LogP contribution in [0.5, 0.6) is 0 Å². The maximum absolute atomic E-state index is 12.2. The molecule has 0 aromatic heterocycles. The van der Waals surface area contributed by atoms with Gasteiger partial charge >= 0.3 is 6.03 Å². The smallest absolute Gasteiger partial charge is 0.319 e. The van der Waals surface area contributed by atoms with Crippen LogP contribution in [0.2, 0.25) is 0 Å². The van der Waals surface area contributed by atoms with E-state index < -0.39 is 0 Å². The average Bonchev–Trinajstić information content (AvgIpc) is 2.45. The molecule has 0 spiro atoms. The summed E-state index contributed by atoms with van der Waals surface area (Å²) in [7, 11) is 0. The first-order valence-electron chi connectivity index (χ1n) is 8.37. The van der Waals surface area contributed by atoms with Crippen molar-refractivity contribution in [1.29, 1.82) is 0 Å². The zero-order valence-electron chi connectivity index (χ0n) is 14.5. The quantitative estimate of drug-likeness (QED) is 0.872. The normalized spacial score (nSPS) is 14.2. The first-order chi connectivity index (χ1) is 10.9. The molecule has 1 aliphatic heterocycles. The van der Waals surface area contributed by atoms with Crippen molar-refractivity contribution < 1.29 is 9.59 Å². The van der Waals surface area contributed by atoms with Crippen molar-refractivity contribution in [2.75, 3.05) is 16.8 Å². The third kappa shape index (κ3) is 4.71. The fraction of sp³-hybridized carbons (Fsp3) is 0.556. The third-order valence-electron chi connectivity index (χ3n) is 3.89. The highest BCUT2D eigenvalue weighted by molar-refractivity contribution is 5.97. The van der Waals surface area contributed by atoms with Gasteiger partial charge < -0.3 is 15.5 Å². The second-order valence-electron chi connectivity index (χ2n) is 6.82. The summed E-state index contributed by atoms with van der Waals surface area (Å²) in [5.74, 6) is 0.755. The lowest BCUT2D eigenvalue weighted by atomic mass is 9.99. The molecule has 3 amide bonds. The minimum Gasteiger partial charge on any atom is -0.336 e. The van der Waals surface area contributed by atoms with Gasteiger partial charge in [0, 0.05) is 30.4 Å². The van der Waals surface area contributed by atoms with E-state index in [2.05, 4.69) is 24.5 Å². The summed E-state index contributed by atoms with van der Waals surface area (Å²) < 4.78 is 0. The van der Waals surface area contributed by atoms with E-state index in [9.17, 15) is 9.59 Å². The second kappa shape index (κ2) is 7.49. The van der Waals surface area contributed by atoms with Crippen LogP contribution in [0.25, 0.3) is 0 Å². The molecule has 2 N–H and O–H groups in total. The van der Waals surface area contributed by atoms with Crippen LogP contribution in [0.15, 0.2) is 18.2 Å². The molecule has 1 aromatic rings. The molecule has 0 bridgehead atoms. The van der Waals surface area contributed by atoms with Gasteiger partial charge in [0.2, 0.25) is 5.91 Å². The highest BCUT2D eigenvalue weighted by Crippen LogP contribution is 2.30. The Morgan fingerprint density at radius 3 is 2.61 bits per heavy atom. The molecule has 126 valence electrons. The average molecular weight is 317 g/mol. The van der Waals surface area contributed by atoms with Gasteiger partial charge in [0.15, 0.2) is 0 Å². The van der Waals surface area contributed by atoms with Gasteiger partial charge in [-0.15, -0.1) is 0 Å². The Morgan fingerprint density at radius 1 is 1.22 bits per heavy atom. The summed E-state index contributed by atoms with van der Waals surface area (Å²) >= 11 is 0. The summed E-state index contributed by atoms with van der Waals surface area (Å²) in [6, 6.07) is 5.67. The van der Waals surface area contributed by atoms with Crippen molar-refractivity contribution in [3.8, 4) is 0 Å². The van der Waals surface area contributed by atoms with Crippen LogP contribution >= 0.6 is 0 Å². The summed E-state index contributed by atoms with van der Waals surface area (Å²) in [5, 5.41) is 5.65. The molecule has 2 rings (SSSR count). The van der Waals surface area contributed by atoms with Crippen LogP contribution in [-0.4, -0.2) is 24.5 Å². The molecule has 23 heavy (non-hydrogen) atoms. The van der Waals surface area contributed by atoms with Gasteiger partial charge in [-0.2, -0.15) is 0 Å². The molecule has 1 aromatic carbocycles. The van der Waals surface area contributed by atoms with E-state index >= 15 is 0 Å². The molecular weight excluding hydrogens is 290 g/mol. The zero-order valence-corrected chi connectivity index (χ0v) is 14.5. The largest absolute Gasteiger partial charge is 0.336 e. The lowest BCUT2D eigenvalue weighted by molar-refractivity contribution is -0.118. The first kappa shape index (κ1) is 17.3. The van der Waals surface area contributed by atoms with Crippen LogP contribution in [-0.2, 0) is 11.2 Å². The zero-order chi connectivity index (χ0) is 17.0. The fourth-order valence-corrected chi connectivity index (χ4v) is 2.70. The number of anilines is 2. The maximum Gasteiger partial charge on any atom is 0.319 e. The van der Waals surface area contributed by atoms with Gasteiger partial charge in [0.25, 0.3) is 0 Å². The third-order valence-corrected chi connectivity index (χ3v) is 3.89. The number of aryl methyl sites for hydroxylation is 1. The van der Waals surface area contributed by atoms with Crippen LogP contribution in [0.3, 0.4) is 0 Å². The molecule has 1 aliphatic rings. The molecule has 0 saturated heterocycles. The number of amides is 3. The molecule has 0 saturated carbocycles. The van der Waals surface area contributed by atoms with Gasteiger partial charge in [-0.25, -0.2) is 4.79 Å². The van der Waals surface area contributed by atoms with Crippen molar-refractivity contribution in [2.45, 2.75) is 53.0 Å². The highest BCUT2D eigenvalue weighted by atomic mass is 16.2. The van der Waals surface area contributed by atoms with Crippen LogP contribution < -0.4 is 15.5 Å². The molecule has 1 heterocycles. The van der Waals surface area contributed by atoms with Crippen LogP contribution in [0.4, 0.5) is 16.2 Å². The van der Waals surface area contributed by atoms with Crippen molar-refractivity contribution >= 4 is 23.3 Å². The van der Waals surface area contributed by atoms with E-state index in [4.69, 9.17) is 0 Å². The van der Waals surface area contributed by atoms with Crippen LogP contribution in [0.1, 0.15) is 46.1 Å². The number of urea groups is 1. The Morgan fingerprint density at radius 2 is 1.96 bits per heavy atom. The Balaban J connectivity index is 2.13. The number of nitrogens with one attached hydrogen (secondary N) is 2. The Bertz CT molecular complexity index is 582. The summed E-state index contributed by atoms with van der Waals surface area (Å²) in [4.78, 5) is 25.9. The van der Waals surface area contributed by atoms with E-state index in [1.165, 1.54) is 0 Å². The number of fused-ring (bicyclic) bond motifs is 1. The number of benzene rings is 1. The molecule has 0 fully saturated rings. The molecule has 0 atom stereocenters. The van der Waals surface area contributed by atoms with E-state index in [0.717, 1.165) is 36.3 Å². The standard InChI is InChI=1S/C18H27N3O2/c1-12(2)9-10-21-16-7-6-15(20-18(23)19-13(3)4)11-14(16)5-8-17(21)22/h6-7,11-13H,5,8-10H2,1-4H3,(H2,19,20,23). The predicted molar refractivity (Wildman–Crippen MR) is 93.9 cm³/mol. The van der Waals surface area contributed by atoms with Gasteiger partial charge in [-0.3, -0.25) is 4.79 Å². The molecule has 5 nitrogen and oxygen atoms in total. The lowest BCUT2D eigenvalue weighted by Crippen LogP contribution is -2.36. The van der Waals surface area contributed by atoms with E-state index in [0.29, 0.717) is 12.3 Å². The number of hydrogen-bond donors (Lipinski definition) is 2. The Labute approximate surface area is 138 Å². The van der Waals surface area contributed by atoms with Crippen molar-refractivity contribution in [2.24, 2.45) is 5.92 Å². The Hall–Kier alpha value is -2.04. The van der Waals surface area contributed by atoms with E-state index in [-0.39, 0.29) is 18.0 Å². The monoisotopic (exact) mass is 317 g/mol. The summed E-state index contributed by atoms with van der Waals surface area (Å²) in [5.41, 5.74) is 2.87. The SMILES string of the molecule is CC(C)CCN1C(=O)CCc2cc(NC(=O)NC(C)C)ccc21. The summed E-state index contributed by atoms with van der Waals surface area (Å²) in [6.45, 7) is 8.92. The van der Waals surface area contributed by atoms with Gasteiger partial charge in [0.1, 0.15) is 0 Å². The number of hydrogen-bond acceptors (Lipinski definition) is 2. The van der Waals surface area contributed by atoms with Gasteiger partial charge in [-0.05, 0) is 56.4 Å².